The molecule has 164 valence electrons. The highest BCUT2D eigenvalue weighted by atomic mass is 35.5. The highest BCUT2D eigenvalue weighted by Gasteiger charge is 2.40. The maximum absolute atomic E-state index is 13.3. The molecule has 4 nitrogen and oxygen atoms in total. The second-order valence-corrected chi connectivity index (χ2v) is 8.92. The van der Waals surface area contributed by atoms with Crippen LogP contribution < -0.4 is 4.90 Å². The Bertz CT molecular complexity index is 1030. The van der Waals surface area contributed by atoms with E-state index in [0.29, 0.717) is 6.07 Å². The Morgan fingerprint density at radius 1 is 0.833 bits per heavy atom. The highest BCUT2D eigenvalue weighted by Crippen LogP contribution is 2.37. The predicted molar refractivity (Wildman–Crippen MR) is 98.9 cm³/mol. The van der Waals surface area contributed by atoms with Gasteiger partial charge in [-0.25, -0.2) is 8.42 Å². The molecule has 30 heavy (non-hydrogen) atoms. The number of hydrogen-bond acceptors (Lipinski definition) is 3. The van der Waals surface area contributed by atoms with Gasteiger partial charge in [0.25, 0.3) is 0 Å². The lowest BCUT2D eigenvalue weighted by Gasteiger charge is -2.36. The summed E-state index contributed by atoms with van der Waals surface area (Å²) in [7, 11) is -4.48. The monoisotopic (exact) mass is 472 g/mol. The molecule has 0 saturated carbocycles. The van der Waals surface area contributed by atoms with E-state index in [4.69, 9.17) is 11.6 Å². The summed E-state index contributed by atoms with van der Waals surface area (Å²) < 4.78 is 105. The Balaban J connectivity index is 1.82. The van der Waals surface area contributed by atoms with Crippen LogP contribution in [-0.4, -0.2) is 38.9 Å². The average molecular weight is 473 g/mol. The van der Waals surface area contributed by atoms with Crippen molar-refractivity contribution >= 4 is 27.3 Å². The van der Waals surface area contributed by atoms with E-state index in [9.17, 15) is 34.8 Å². The maximum Gasteiger partial charge on any atom is 0.417 e. The quantitative estimate of drug-likeness (QED) is 0.597. The van der Waals surface area contributed by atoms with Crippen LogP contribution in [0, 0.1) is 0 Å². The Morgan fingerprint density at radius 2 is 1.47 bits per heavy atom. The SMILES string of the molecule is O=S(=O)(c1ccc(Cl)cc1C(F)(F)F)N1CCN(c2cccc(C(F)(F)F)c2)CC1. The first-order valence-corrected chi connectivity index (χ1v) is 10.4. The van der Waals surface area contributed by atoms with Crippen LogP contribution in [0.3, 0.4) is 0 Å². The lowest BCUT2D eigenvalue weighted by atomic mass is 10.1. The van der Waals surface area contributed by atoms with Gasteiger partial charge in [-0.1, -0.05) is 17.7 Å². The molecule has 0 aliphatic carbocycles. The topological polar surface area (TPSA) is 40.6 Å². The van der Waals surface area contributed by atoms with Crippen LogP contribution in [0.5, 0.6) is 0 Å². The lowest BCUT2D eigenvalue weighted by Crippen LogP contribution is -2.49. The number of sulfonamides is 1. The number of rotatable bonds is 3. The van der Waals surface area contributed by atoms with Crippen LogP contribution in [-0.2, 0) is 22.4 Å². The van der Waals surface area contributed by atoms with E-state index >= 15 is 0 Å². The summed E-state index contributed by atoms with van der Waals surface area (Å²) in [5.74, 6) is 0. The first-order valence-electron chi connectivity index (χ1n) is 8.59. The van der Waals surface area contributed by atoms with Crippen LogP contribution in [0.25, 0.3) is 0 Å². The molecule has 0 N–H and O–H groups in total. The third-order valence-corrected chi connectivity index (χ3v) is 6.83. The molecule has 2 aromatic carbocycles. The zero-order chi connectivity index (χ0) is 22.3. The Labute approximate surface area is 173 Å². The zero-order valence-corrected chi connectivity index (χ0v) is 16.7. The van der Waals surface area contributed by atoms with Crippen molar-refractivity contribution in [1.82, 2.24) is 4.31 Å². The number of hydrogen-bond donors (Lipinski definition) is 0. The number of halogens is 7. The van der Waals surface area contributed by atoms with Crippen LogP contribution in [0.4, 0.5) is 32.0 Å². The summed E-state index contributed by atoms with van der Waals surface area (Å²) in [5.41, 5.74) is -1.95. The summed E-state index contributed by atoms with van der Waals surface area (Å²) >= 11 is 5.60. The number of nitrogens with zero attached hydrogens (tertiary/aromatic N) is 2. The number of piperazine rings is 1. The van der Waals surface area contributed by atoms with Gasteiger partial charge in [0.05, 0.1) is 16.0 Å². The number of benzene rings is 2. The molecule has 0 aromatic heterocycles. The summed E-state index contributed by atoms with van der Waals surface area (Å²) in [6.45, 7) is -0.317. The van der Waals surface area contributed by atoms with E-state index in [1.165, 1.54) is 12.1 Å². The molecular formula is C18H15ClF6N2O2S. The first kappa shape index (κ1) is 22.7. The van der Waals surface area contributed by atoms with Gasteiger partial charge in [-0.3, -0.25) is 0 Å². The Kier molecular flexibility index (Phi) is 6.00. The molecule has 1 fully saturated rings. The fourth-order valence-corrected chi connectivity index (χ4v) is 4.94. The minimum Gasteiger partial charge on any atom is -0.369 e. The Morgan fingerprint density at radius 3 is 2.03 bits per heavy atom. The Hall–Kier alpha value is -1.98. The molecule has 0 amide bonds. The largest absolute Gasteiger partial charge is 0.417 e. The summed E-state index contributed by atoms with van der Waals surface area (Å²) in [4.78, 5) is 0.639. The molecule has 1 aliphatic rings. The van der Waals surface area contributed by atoms with Gasteiger partial charge in [-0.05, 0) is 36.4 Å². The van der Waals surface area contributed by atoms with Gasteiger partial charge in [0.2, 0.25) is 10.0 Å². The van der Waals surface area contributed by atoms with Gasteiger partial charge < -0.3 is 4.90 Å². The molecule has 1 saturated heterocycles. The van der Waals surface area contributed by atoms with Crippen molar-refractivity contribution in [3.05, 3.63) is 58.6 Å². The predicted octanol–water partition coefficient (Wildman–Crippen LogP) is 4.89. The number of alkyl halides is 6. The zero-order valence-electron chi connectivity index (χ0n) is 15.1. The van der Waals surface area contributed by atoms with Crippen LogP contribution in [0.2, 0.25) is 5.02 Å². The van der Waals surface area contributed by atoms with E-state index in [1.807, 2.05) is 0 Å². The van der Waals surface area contributed by atoms with Crippen molar-refractivity contribution in [2.24, 2.45) is 0 Å². The van der Waals surface area contributed by atoms with Crippen LogP contribution in [0.15, 0.2) is 47.4 Å². The van der Waals surface area contributed by atoms with Gasteiger partial charge in [0.1, 0.15) is 0 Å². The van der Waals surface area contributed by atoms with E-state index in [1.54, 1.807) is 4.90 Å². The smallest absolute Gasteiger partial charge is 0.369 e. The fraction of sp³-hybridized carbons (Fsp3) is 0.333. The molecule has 0 unspecified atom stereocenters. The molecular weight excluding hydrogens is 458 g/mol. The van der Waals surface area contributed by atoms with Crippen molar-refractivity contribution in [3.8, 4) is 0 Å². The summed E-state index contributed by atoms with van der Waals surface area (Å²) in [6, 6.07) is 6.98. The molecule has 0 atom stereocenters. The van der Waals surface area contributed by atoms with E-state index in [-0.39, 0.29) is 36.9 Å². The van der Waals surface area contributed by atoms with E-state index in [2.05, 4.69) is 0 Å². The molecule has 1 aliphatic heterocycles. The highest BCUT2D eigenvalue weighted by molar-refractivity contribution is 7.89. The second kappa shape index (κ2) is 7.93. The van der Waals surface area contributed by atoms with Crippen molar-refractivity contribution in [2.45, 2.75) is 17.2 Å². The summed E-state index contributed by atoms with van der Waals surface area (Å²) in [5, 5.41) is -0.254. The normalized spacial score (nSPS) is 16.7. The standard InChI is InChI=1S/C18H15ClF6N2O2S/c19-13-4-5-16(15(11-13)18(23,24)25)30(28,29)27-8-6-26(7-9-27)14-3-1-2-12(10-14)17(20,21)22/h1-5,10-11H,6-9H2. The second-order valence-electron chi connectivity index (χ2n) is 6.58. The lowest BCUT2D eigenvalue weighted by molar-refractivity contribution is -0.140. The van der Waals surface area contributed by atoms with Crippen molar-refractivity contribution in [3.63, 3.8) is 0 Å². The molecule has 0 bridgehead atoms. The third kappa shape index (κ3) is 4.68. The third-order valence-electron chi connectivity index (χ3n) is 4.64. The van der Waals surface area contributed by atoms with Gasteiger partial charge >= 0.3 is 12.4 Å². The average Bonchev–Trinajstić information content (AvgIpc) is 2.66. The van der Waals surface area contributed by atoms with Crippen molar-refractivity contribution in [1.29, 1.82) is 0 Å². The van der Waals surface area contributed by atoms with Crippen LogP contribution >= 0.6 is 11.6 Å². The maximum atomic E-state index is 13.3. The van der Waals surface area contributed by atoms with Crippen molar-refractivity contribution in [2.75, 3.05) is 31.1 Å². The minimum absolute atomic E-state index is 0.0233. The molecule has 1 heterocycles. The number of anilines is 1. The molecule has 0 spiro atoms. The van der Waals surface area contributed by atoms with Gasteiger partial charge in [0.15, 0.2) is 0 Å². The molecule has 12 heteroatoms. The van der Waals surface area contributed by atoms with Gasteiger partial charge in [0, 0.05) is 36.9 Å². The minimum atomic E-state index is -4.92. The van der Waals surface area contributed by atoms with E-state index in [0.717, 1.165) is 28.6 Å². The fourth-order valence-electron chi connectivity index (χ4n) is 3.15. The first-order chi connectivity index (χ1) is 13.8. The molecule has 3 rings (SSSR count). The molecule has 0 radical (unpaired) electrons. The summed E-state index contributed by atoms with van der Waals surface area (Å²) in [6.07, 6.45) is -9.45. The van der Waals surface area contributed by atoms with Crippen LogP contribution in [0.1, 0.15) is 11.1 Å². The van der Waals surface area contributed by atoms with Crippen molar-refractivity contribution < 1.29 is 34.8 Å². The molecule has 2 aromatic rings. The van der Waals surface area contributed by atoms with E-state index < -0.39 is 38.4 Å². The van der Waals surface area contributed by atoms with Gasteiger partial charge in [-0.2, -0.15) is 30.6 Å². The van der Waals surface area contributed by atoms with Gasteiger partial charge in [-0.15, -0.1) is 0 Å².